The van der Waals surface area contributed by atoms with Crippen LogP contribution in [-0.4, -0.2) is 28.4 Å². The zero-order valence-corrected chi connectivity index (χ0v) is 7.71. The Balaban J connectivity index is 2.69. The van der Waals surface area contributed by atoms with Crippen molar-refractivity contribution in [2.75, 3.05) is 0 Å². The van der Waals surface area contributed by atoms with Crippen LogP contribution >= 0.6 is 0 Å². The minimum atomic E-state index is -0.958. The van der Waals surface area contributed by atoms with E-state index in [1.54, 1.807) is 12.1 Å². The molecular formula is C10H11NO3. The van der Waals surface area contributed by atoms with Gasteiger partial charge in [0.15, 0.2) is 0 Å². The first kappa shape index (κ1) is 10.2. The van der Waals surface area contributed by atoms with Crippen molar-refractivity contribution in [1.29, 1.82) is 0 Å². The molecule has 2 N–H and O–H groups in total. The van der Waals surface area contributed by atoms with Crippen LogP contribution in [0.2, 0.25) is 0 Å². The first-order valence-corrected chi connectivity index (χ1v) is 4.14. The first-order chi connectivity index (χ1) is 6.59. The molecule has 1 aromatic carbocycles. The van der Waals surface area contributed by atoms with Gasteiger partial charge in [0.05, 0.1) is 0 Å². The third-order valence-corrected chi connectivity index (χ3v) is 1.70. The average molecular weight is 193 g/mol. The molecule has 74 valence electrons. The van der Waals surface area contributed by atoms with E-state index in [1.807, 2.05) is 0 Å². The van der Waals surface area contributed by atoms with Crippen LogP contribution in [0.1, 0.15) is 12.5 Å². The third-order valence-electron chi connectivity index (χ3n) is 1.70. The number of carbonyl (C=O) groups is 1. The largest absolute Gasteiger partial charge is 0.508 e. The molecule has 1 aromatic rings. The van der Waals surface area contributed by atoms with Crippen LogP contribution in [0.15, 0.2) is 29.3 Å². The number of aliphatic imine (C=N–C) groups is 1. The van der Waals surface area contributed by atoms with Gasteiger partial charge in [-0.2, -0.15) is 0 Å². The van der Waals surface area contributed by atoms with E-state index in [2.05, 4.69) is 4.99 Å². The highest BCUT2D eigenvalue weighted by atomic mass is 16.4. The Bertz CT molecular complexity index is 343. The molecule has 0 radical (unpaired) electrons. The van der Waals surface area contributed by atoms with Crippen LogP contribution in [0.4, 0.5) is 0 Å². The highest BCUT2D eigenvalue weighted by molar-refractivity contribution is 5.83. The normalized spacial score (nSPS) is 12.9. The summed E-state index contributed by atoms with van der Waals surface area (Å²) in [6, 6.07) is 5.62. The lowest BCUT2D eigenvalue weighted by atomic mass is 10.2. The molecule has 1 unspecified atom stereocenters. The zero-order valence-electron chi connectivity index (χ0n) is 7.71. The molecule has 1 rings (SSSR count). The van der Waals surface area contributed by atoms with Crippen LogP contribution in [0.5, 0.6) is 5.75 Å². The molecular weight excluding hydrogens is 182 g/mol. The summed E-state index contributed by atoms with van der Waals surface area (Å²) >= 11 is 0. The summed E-state index contributed by atoms with van der Waals surface area (Å²) in [6.45, 7) is 1.50. The summed E-state index contributed by atoms with van der Waals surface area (Å²) in [5, 5.41) is 17.5. The van der Waals surface area contributed by atoms with Gasteiger partial charge in [-0.25, -0.2) is 4.79 Å². The molecule has 0 aliphatic rings. The van der Waals surface area contributed by atoms with Crippen LogP contribution in [0.25, 0.3) is 0 Å². The van der Waals surface area contributed by atoms with Gasteiger partial charge in [-0.05, 0) is 36.8 Å². The standard InChI is InChI=1S/C10H11NO3/c1-7(10(13)14)11-6-8-2-4-9(12)5-3-8/h2-7,12H,1H3,(H,13,14). The Morgan fingerprint density at radius 1 is 1.43 bits per heavy atom. The van der Waals surface area contributed by atoms with Crippen LogP contribution in [0, 0.1) is 0 Å². The molecule has 0 bridgehead atoms. The number of phenolic OH excluding ortho intramolecular Hbond substituents is 1. The molecule has 0 spiro atoms. The fourth-order valence-electron chi connectivity index (χ4n) is 0.822. The van der Waals surface area contributed by atoms with Gasteiger partial charge in [0.2, 0.25) is 0 Å². The molecule has 4 heteroatoms. The van der Waals surface area contributed by atoms with Crippen molar-refractivity contribution in [3.8, 4) is 5.75 Å². The van der Waals surface area contributed by atoms with Gasteiger partial charge >= 0.3 is 5.97 Å². The quantitative estimate of drug-likeness (QED) is 0.710. The van der Waals surface area contributed by atoms with E-state index in [-0.39, 0.29) is 5.75 Å². The van der Waals surface area contributed by atoms with Gasteiger partial charge < -0.3 is 10.2 Å². The SMILES string of the molecule is CC(N=Cc1ccc(O)cc1)C(=O)O. The second kappa shape index (κ2) is 4.41. The Kier molecular flexibility index (Phi) is 3.23. The van der Waals surface area contributed by atoms with Gasteiger partial charge in [-0.3, -0.25) is 4.99 Å². The summed E-state index contributed by atoms with van der Waals surface area (Å²) in [6.07, 6.45) is 1.47. The molecule has 4 nitrogen and oxygen atoms in total. The molecule has 0 aliphatic carbocycles. The number of phenols is 1. The monoisotopic (exact) mass is 193 g/mol. The maximum atomic E-state index is 10.4. The van der Waals surface area contributed by atoms with Gasteiger partial charge in [0, 0.05) is 6.21 Å². The van der Waals surface area contributed by atoms with Crippen molar-refractivity contribution in [2.45, 2.75) is 13.0 Å². The Labute approximate surface area is 81.5 Å². The summed E-state index contributed by atoms with van der Waals surface area (Å²) in [7, 11) is 0. The van der Waals surface area contributed by atoms with E-state index >= 15 is 0 Å². The Hall–Kier alpha value is -1.84. The number of carboxylic acid groups (broad SMARTS) is 1. The number of aromatic hydroxyl groups is 1. The number of aliphatic carboxylic acids is 1. The molecule has 0 amide bonds. The van der Waals surface area contributed by atoms with E-state index in [0.717, 1.165) is 5.56 Å². The lowest BCUT2D eigenvalue weighted by Gasteiger charge is -1.98. The van der Waals surface area contributed by atoms with Crippen molar-refractivity contribution in [1.82, 2.24) is 0 Å². The molecule has 0 heterocycles. The number of hydrogen-bond acceptors (Lipinski definition) is 3. The topological polar surface area (TPSA) is 69.9 Å². The maximum Gasteiger partial charge on any atom is 0.328 e. The number of rotatable bonds is 3. The Morgan fingerprint density at radius 2 is 2.00 bits per heavy atom. The van der Waals surface area contributed by atoms with Crippen LogP contribution in [-0.2, 0) is 4.79 Å². The summed E-state index contributed by atoms with van der Waals surface area (Å²) in [5.74, 6) is -0.784. The fourth-order valence-corrected chi connectivity index (χ4v) is 0.822. The van der Waals surface area contributed by atoms with Gasteiger partial charge in [0.1, 0.15) is 11.8 Å². The zero-order chi connectivity index (χ0) is 10.6. The molecule has 1 atom stereocenters. The van der Waals surface area contributed by atoms with Gasteiger partial charge in [-0.15, -0.1) is 0 Å². The second-order valence-corrected chi connectivity index (χ2v) is 2.88. The smallest absolute Gasteiger partial charge is 0.328 e. The predicted octanol–water partition coefficient (Wildman–Crippen LogP) is 1.28. The highest BCUT2D eigenvalue weighted by Gasteiger charge is 2.06. The molecule has 0 aromatic heterocycles. The minimum Gasteiger partial charge on any atom is -0.508 e. The van der Waals surface area contributed by atoms with E-state index in [0.29, 0.717) is 0 Å². The number of benzene rings is 1. The summed E-state index contributed by atoms with van der Waals surface area (Å²) < 4.78 is 0. The second-order valence-electron chi connectivity index (χ2n) is 2.88. The van der Waals surface area contributed by atoms with Crippen molar-refractivity contribution in [2.24, 2.45) is 4.99 Å². The fraction of sp³-hybridized carbons (Fsp3) is 0.200. The number of nitrogens with zero attached hydrogens (tertiary/aromatic N) is 1. The van der Waals surface area contributed by atoms with E-state index < -0.39 is 12.0 Å². The molecule has 0 fully saturated rings. The van der Waals surface area contributed by atoms with E-state index in [9.17, 15) is 4.79 Å². The van der Waals surface area contributed by atoms with Crippen molar-refractivity contribution < 1.29 is 15.0 Å². The van der Waals surface area contributed by atoms with E-state index in [1.165, 1.54) is 25.3 Å². The van der Waals surface area contributed by atoms with E-state index in [4.69, 9.17) is 10.2 Å². The van der Waals surface area contributed by atoms with Crippen molar-refractivity contribution in [3.05, 3.63) is 29.8 Å². The van der Waals surface area contributed by atoms with Crippen LogP contribution < -0.4 is 0 Å². The van der Waals surface area contributed by atoms with Gasteiger partial charge in [0.25, 0.3) is 0 Å². The predicted molar refractivity (Wildman–Crippen MR) is 52.8 cm³/mol. The lowest BCUT2D eigenvalue weighted by molar-refractivity contribution is -0.137. The lowest BCUT2D eigenvalue weighted by Crippen LogP contribution is -2.12. The molecule has 0 saturated heterocycles. The molecule has 0 saturated carbocycles. The first-order valence-electron chi connectivity index (χ1n) is 4.14. The van der Waals surface area contributed by atoms with Crippen molar-refractivity contribution >= 4 is 12.2 Å². The molecule has 14 heavy (non-hydrogen) atoms. The molecule has 0 aliphatic heterocycles. The number of hydrogen-bond donors (Lipinski definition) is 2. The Morgan fingerprint density at radius 3 is 2.50 bits per heavy atom. The van der Waals surface area contributed by atoms with Crippen LogP contribution in [0.3, 0.4) is 0 Å². The van der Waals surface area contributed by atoms with Gasteiger partial charge in [-0.1, -0.05) is 0 Å². The number of carboxylic acids is 1. The minimum absolute atomic E-state index is 0.174. The highest BCUT2D eigenvalue weighted by Crippen LogP contribution is 2.07. The van der Waals surface area contributed by atoms with Crippen molar-refractivity contribution in [3.63, 3.8) is 0 Å². The average Bonchev–Trinajstić information content (AvgIpc) is 2.16. The maximum absolute atomic E-state index is 10.4. The summed E-state index contributed by atoms with van der Waals surface area (Å²) in [5.41, 5.74) is 0.760. The summed E-state index contributed by atoms with van der Waals surface area (Å²) in [4.78, 5) is 14.2. The third kappa shape index (κ3) is 2.90.